The van der Waals surface area contributed by atoms with Crippen molar-refractivity contribution in [3.8, 4) is 0 Å². The minimum absolute atomic E-state index is 0.0326. The monoisotopic (exact) mass is 652 g/mol. The maximum atomic E-state index is 13.0. The molecular weight excluding hydrogens is 593 g/mol. The van der Waals surface area contributed by atoms with E-state index >= 15 is 0 Å². The van der Waals surface area contributed by atoms with E-state index in [2.05, 4.69) is 66.2 Å². The number of ether oxygens (including phenoxy) is 6. The Morgan fingerprint density at radius 1 is 0.932 bits per heavy atom. The molecule has 0 radical (unpaired) electrons. The van der Waals surface area contributed by atoms with Gasteiger partial charge in [0.2, 0.25) is 0 Å². The summed E-state index contributed by atoms with van der Waals surface area (Å²) in [6.07, 6.45) is 3.88. The molecule has 1 saturated heterocycles. The van der Waals surface area contributed by atoms with E-state index in [-0.39, 0.29) is 65.2 Å². The lowest BCUT2D eigenvalue weighted by molar-refractivity contribution is -0.318. The van der Waals surface area contributed by atoms with E-state index < -0.39 is 28.8 Å². The van der Waals surface area contributed by atoms with Crippen molar-refractivity contribution in [2.75, 3.05) is 28.4 Å². The summed E-state index contributed by atoms with van der Waals surface area (Å²) in [6.45, 7) is 25.0. The Morgan fingerprint density at radius 2 is 1.55 bits per heavy atom. The minimum Gasteiger partial charge on any atom is -0.469 e. The highest BCUT2D eigenvalue weighted by Crippen LogP contribution is 2.60. The standard InChI is InChI=1S/C34H60O8Si2/c1-15-20-22-18-26(43(10,11)12)27-23(21(22)16-24(20)32(35)39-9)17-25(29(27)42-44(13,14)34(3,4)5)41-33-31(38-8)30(37-7)28(36-6)19(2)40-33/h15,18-25,27-31,33H,1,16-17H2,2-14H3/t19-,20-,21-,22-,23+,24+,25-,27+,28-,29-,30+,31+,33-/m0/s1. The Labute approximate surface area is 268 Å². The van der Waals surface area contributed by atoms with Gasteiger partial charge < -0.3 is 32.8 Å². The SMILES string of the molecule is C=C[C@H]1[C@@H]2C=C([Si](C)(C)C)[C@H]3[C@H](C[C@H](O[C@@H]4O[C@@H](C)[C@H](OC)[C@@H](OC)[C@H]4OC)[C@@H]3O[Si](C)(C)C(C)(C)C)[C@H]2C[C@H]1C(=O)OC. The van der Waals surface area contributed by atoms with Gasteiger partial charge in [-0.05, 0) is 61.6 Å². The molecule has 4 aliphatic rings. The second kappa shape index (κ2) is 13.3. The van der Waals surface area contributed by atoms with Crippen molar-refractivity contribution in [2.45, 2.75) is 121 Å². The normalized spacial score (nSPS) is 41.1. The van der Waals surface area contributed by atoms with Crippen LogP contribution in [-0.4, -0.2) is 93.7 Å². The highest BCUT2D eigenvalue weighted by atomic mass is 28.4. The molecule has 0 spiro atoms. The molecule has 3 aliphatic carbocycles. The van der Waals surface area contributed by atoms with Gasteiger partial charge in [-0.2, -0.15) is 0 Å². The first-order valence-electron chi connectivity index (χ1n) is 16.4. The molecule has 0 unspecified atom stereocenters. The van der Waals surface area contributed by atoms with E-state index in [9.17, 15) is 4.79 Å². The molecule has 1 heterocycles. The molecule has 10 heteroatoms. The third-order valence-corrected chi connectivity index (χ3v) is 18.3. The van der Waals surface area contributed by atoms with Crippen LogP contribution in [0.3, 0.4) is 0 Å². The number of carbonyl (C=O) groups is 1. The fourth-order valence-electron chi connectivity index (χ4n) is 8.42. The lowest BCUT2D eigenvalue weighted by atomic mass is 9.71. The van der Waals surface area contributed by atoms with Crippen molar-refractivity contribution in [3.63, 3.8) is 0 Å². The number of esters is 1. The maximum Gasteiger partial charge on any atom is 0.309 e. The third-order valence-electron chi connectivity index (χ3n) is 11.6. The van der Waals surface area contributed by atoms with Crippen LogP contribution in [0, 0.1) is 35.5 Å². The molecule has 3 fully saturated rings. The number of rotatable bonds is 10. The van der Waals surface area contributed by atoms with Crippen molar-refractivity contribution in [1.29, 1.82) is 0 Å². The molecular formula is C34H60O8Si2. The minimum atomic E-state index is -2.21. The van der Waals surface area contributed by atoms with Crippen LogP contribution >= 0.6 is 0 Å². The van der Waals surface area contributed by atoms with Crippen LogP contribution < -0.4 is 0 Å². The third kappa shape index (κ3) is 6.48. The second-order valence-corrected chi connectivity index (χ2v) is 25.9. The van der Waals surface area contributed by atoms with E-state index in [1.165, 1.54) is 12.3 Å². The van der Waals surface area contributed by atoms with Gasteiger partial charge in [-0.15, -0.1) is 6.58 Å². The topological polar surface area (TPSA) is 81.7 Å². The summed E-state index contributed by atoms with van der Waals surface area (Å²) >= 11 is 0. The number of fused-ring (bicyclic) bond motifs is 3. The largest absolute Gasteiger partial charge is 0.469 e. The highest BCUT2D eigenvalue weighted by molar-refractivity contribution is 6.83. The lowest BCUT2D eigenvalue weighted by Crippen LogP contribution is -2.60. The Bertz CT molecular complexity index is 1060. The van der Waals surface area contributed by atoms with Crippen LogP contribution in [0.15, 0.2) is 23.9 Å². The smallest absolute Gasteiger partial charge is 0.309 e. The van der Waals surface area contributed by atoms with Gasteiger partial charge in [0, 0.05) is 27.2 Å². The van der Waals surface area contributed by atoms with Crippen molar-refractivity contribution in [1.82, 2.24) is 0 Å². The first-order chi connectivity index (χ1) is 20.4. The molecule has 8 nitrogen and oxygen atoms in total. The van der Waals surface area contributed by atoms with Crippen LogP contribution in [0.2, 0.25) is 37.8 Å². The Balaban J connectivity index is 1.79. The van der Waals surface area contributed by atoms with Crippen LogP contribution in [0.25, 0.3) is 0 Å². The fraction of sp³-hybridized carbons (Fsp3) is 0.853. The van der Waals surface area contributed by atoms with E-state index in [0.717, 1.165) is 12.8 Å². The molecule has 0 amide bonds. The van der Waals surface area contributed by atoms with Gasteiger partial charge in [0.1, 0.15) is 18.3 Å². The van der Waals surface area contributed by atoms with Crippen molar-refractivity contribution < 1.29 is 37.6 Å². The van der Waals surface area contributed by atoms with E-state index in [4.69, 9.17) is 32.8 Å². The zero-order valence-corrected chi connectivity index (χ0v) is 31.5. The Morgan fingerprint density at radius 3 is 2.05 bits per heavy atom. The first-order valence-corrected chi connectivity index (χ1v) is 22.9. The number of allylic oxidation sites excluding steroid dienone is 2. The molecule has 4 rings (SSSR count). The predicted octanol–water partition coefficient (Wildman–Crippen LogP) is 6.23. The summed E-state index contributed by atoms with van der Waals surface area (Å²) in [7, 11) is 2.51. The van der Waals surface area contributed by atoms with E-state index in [1.807, 2.05) is 13.0 Å². The molecule has 0 N–H and O–H groups in total. The average molecular weight is 653 g/mol. The summed E-state index contributed by atoms with van der Waals surface area (Å²) in [6, 6.07) is 0. The summed E-state index contributed by atoms with van der Waals surface area (Å²) in [5, 5.41) is 1.57. The van der Waals surface area contributed by atoms with Crippen molar-refractivity contribution in [3.05, 3.63) is 23.9 Å². The van der Waals surface area contributed by atoms with Crippen LogP contribution in [-0.2, 0) is 37.6 Å². The van der Waals surface area contributed by atoms with Gasteiger partial charge in [-0.3, -0.25) is 4.79 Å². The van der Waals surface area contributed by atoms with Crippen LogP contribution in [0.4, 0.5) is 0 Å². The van der Waals surface area contributed by atoms with Crippen LogP contribution in [0.5, 0.6) is 0 Å². The molecule has 13 atom stereocenters. The van der Waals surface area contributed by atoms with Crippen LogP contribution in [0.1, 0.15) is 40.5 Å². The summed E-state index contributed by atoms with van der Waals surface area (Å²) in [4.78, 5) is 13.0. The first kappa shape index (κ1) is 36.0. The Kier molecular flexibility index (Phi) is 10.9. The second-order valence-electron chi connectivity index (χ2n) is 16.0. The molecule has 0 aromatic carbocycles. The maximum absolute atomic E-state index is 13.0. The van der Waals surface area contributed by atoms with Crippen molar-refractivity contribution >= 4 is 22.4 Å². The number of carbonyl (C=O) groups excluding carboxylic acids is 1. The highest BCUT2D eigenvalue weighted by Gasteiger charge is 2.61. The molecule has 0 bridgehead atoms. The molecule has 0 aromatic rings. The lowest BCUT2D eigenvalue weighted by Gasteiger charge is -2.47. The number of hydrogen-bond donors (Lipinski definition) is 0. The molecule has 0 aromatic heterocycles. The fourth-order valence-corrected chi connectivity index (χ4v) is 11.8. The quantitative estimate of drug-likeness (QED) is 0.156. The Hall–Kier alpha value is -0.856. The molecule has 44 heavy (non-hydrogen) atoms. The summed E-state index contributed by atoms with van der Waals surface area (Å²) in [5.74, 6) is 0.860. The molecule has 2 saturated carbocycles. The van der Waals surface area contributed by atoms with Gasteiger partial charge in [-0.1, -0.05) is 57.8 Å². The zero-order chi connectivity index (χ0) is 32.9. The predicted molar refractivity (Wildman–Crippen MR) is 177 cm³/mol. The molecule has 1 aliphatic heterocycles. The average Bonchev–Trinajstić information content (AvgIpc) is 3.48. The van der Waals surface area contributed by atoms with E-state index in [0.29, 0.717) is 11.8 Å². The van der Waals surface area contributed by atoms with E-state index in [1.54, 1.807) is 21.3 Å². The van der Waals surface area contributed by atoms with Gasteiger partial charge in [0.25, 0.3) is 0 Å². The molecule has 252 valence electrons. The number of hydrogen-bond acceptors (Lipinski definition) is 8. The number of methoxy groups -OCH3 is 4. The summed E-state index contributed by atoms with van der Waals surface area (Å²) in [5.41, 5.74) is 0. The summed E-state index contributed by atoms with van der Waals surface area (Å²) < 4.78 is 43.9. The van der Waals surface area contributed by atoms with Gasteiger partial charge in [0.05, 0.1) is 39.4 Å². The van der Waals surface area contributed by atoms with Gasteiger partial charge in [-0.25, -0.2) is 0 Å². The van der Waals surface area contributed by atoms with Gasteiger partial charge >= 0.3 is 5.97 Å². The van der Waals surface area contributed by atoms with Gasteiger partial charge in [0.15, 0.2) is 14.6 Å². The zero-order valence-electron chi connectivity index (χ0n) is 29.5. The van der Waals surface area contributed by atoms with Crippen molar-refractivity contribution in [2.24, 2.45) is 35.5 Å².